The van der Waals surface area contributed by atoms with E-state index >= 15 is 0 Å². The topological polar surface area (TPSA) is 64.6 Å². The summed E-state index contributed by atoms with van der Waals surface area (Å²) >= 11 is 0. The average molecular weight is 349 g/mol. The second kappa shape index (κ2) is 7.57. The first kappa shape index (κ1) is 18.1. The van der Waals surface area contributed by atoms with Crippen molar-refractivity contribution in [1.82, 2.24) is 0 Å². The number of rotatable bonds is 7. The minimum Gasteiger partial charge on any atom is -0.493 e. The van der Waals surface area contributed by atoms with Gasteiger partial charge in [0.25, 0.3) is 0 Å². The summed E-state index contributed by atoms with van der Waals surface area (Å²) in [4.78, 5) is 0. The predicted molar refractivity (Wildman–Crippen MR) is 96.6 cm³/mol. The Kier molecular flexibility index (Phi) is 5.72. The Morgan fingerprint density at radius 2 is 1.67 bits per heavy atom. The normalized spacial score (nSPS) is 11.2. The number of hydrogen-bond acceptors (Lipinski definition) is 4. The van der Waals surface area contributed by atoms with E-state index in [0.29, 0.717) is 23.6 Å². The van der Waals surface area contributed by atoms with Crippen molar-refractivity contribution < 1.29 is 17.9 Å². The summed E-state index contributed by atoms with van der Waals surface area (Å²) in [6.07, 6.45) is 0.389. The van der Waals surface area contributed by atoms with Gasteiger partial charge in [-0.2, -0.15) is 0 Å². The van der Waals surface area contributed by atoms with E-state index in [1.807, 2.05) is 32.0 Å². The summed E-state index contributed by atoms with van der Waals surface area (Å²) in [6, 6.07) is 11.0. The fraction of sp³-hybridized carbons (Fsp3) is 0.333. The van der Waals surface area contributed by atoms with Crippen LogP contribution in [0, 0.1) is 13.8 Å². The Labute approximate surface area is 143 Å². The van der Waals surface area contributed by atoms with E-state index in [0.717, 1.165) is 16.7 Å². The van der Waals surface area contributed by atoms with Crippen molar-refractivity contribution >= 4 is 15.7 Å². The molecule has 0 radical (unpaired) electrons. The molecule has 2 aromatic rings. The first-order valence-electron chi connectivity index (χ1n) is 7.63. The lowest BCUT2D eigenvalue weighted by atomic mass is 10.1. The summed E-state index contributed by atoms with van der Waals surface area (Å²) in [5, 5.41) is 0. The van der Waals surface area contributed by atoms with Crippen LogP contribution >= 0.6 is 0 Å². The Bertz CT molecular complexity index is 816. The predicted octanol–water partition coefficient (Wildman–Crippen LogP) is 3.31. The van der Waals surface area contributed by atoms with E-state index in [2.05, 4.69) is 4.72 Å². The lowest BCUT2D eigenvalue weighted by Gasteiger charge is -2.12. The van der Waals surface area contributed by atoms with Gasteiger partial charge in [-0.05, 0) is 49.6 Å². The molecular weight excluding hydrogens is 326 g/mol. The molecule has 6 heteroatoms. The molecule has 0 saturated carbocycles. The number of methoxy groups -OCH3 is 2. The molecule has 2 rings (SSSR count). The van der Waals surface area contributed by atoms with Gasteiger partial charge in [0.05, 0.1) is 25.7 Å². The Morgan fingerprint density at radius 3 is 2.29 bits per heavy atom. The van der Waals surface area contributed by atoms with Gasteiger partial charge in [0.2, 0.25) is 10.0 Å². The quantitative estimate of drug-likeness (QED) is 0.833. The van der Waals surface area contributed by atoms with Crippen molar-refractivity contribution in [3.63, 3.8) is 0 Å². The number of hydrogen-bond donors (Lipinski definition) is 1. The summed E-state index contributed by atoms with van der Waals surface area (Å²) in [5.74, 6) is 1.21. The largest absolute Gasteiger partial charge is 0.493 e. The van der Waals surface area contributed by atoms with Gasteiger partial charge in [0, 0.05) is 0 Å². The number of ether oxygens (including phenoxy) is 2. The van der Waals surface area contributed by atoms with E-state index in [4.69, 9.17) is 9.47 Å². The molecule has 1 N–H and O–H groups in total. The highest BCUT2D eigenvalue weighted by Gasteiger charge is 2.13. The maximum absolute atomic E-state index is 12.3. The van der Waals surface area contributed by atoms with Gasteiger partial charge in [-0.25, -0.2) is 8.42 Å². The number of sulfonamides is 1. The van der Waals surface area contributed by atoms with E-state index < -0.39 is 10.0 Å². The minimum atomic E-state index is -3.43. The van der Waals surface area contributed by atoms with E-state index in [1.165, 1.54) is 0 Å². The fourth-order valence-electron chi connectivity index (χ4n) is 2.44. The molecule has 0 aromatic heterocycles. The molecule has 0 atom stereocenters. The lowest BCUT2D eigenvalue weighted by Crippen LogP contribution is -2.18. The molecule has 0 aliphatic heterocycles. The van der Waals surface area contributed by atoms with Gasteiger partial charge in [-0.3, -0.25) is 4.72 Å². The van der Waals surface area contributed by atoms with Crippen LogP contribution in [0.25, 0.3) is 0 Å². The SMILES string of the molecule is COc1ccc(CCS(=O)(=O)Nc2ccc(C)cc2C)cc1OC. The van der Waals surface area contributed by atoms with Crippen molar-refractivity contribution in [2.45, 2.75) is 20.3 Å². The monoisotopic (exact) mass is 349 g/mol. The van der Waals surface area contributed by atoms with Gasteiger partial charge >= 0.3 is 0 Å². The highest BCUT2D eigenvalue weighted by Crippen LogP contribution is 2.28. The molecule has 0 aliphatic carbocycles. The molecule has 0 bridgehead atoms. The molecule has 2 aromatic carbocycles. The third-order valence-corrected chi connectivity index (χ3v) is 5.03. The summed E-state index contributed by atoms with van der Waals surface area (Å²) in [6.45, 7) is 3.86. The van der Waals surface area contributed by atoms with E-state index in [9.17, 15) is 8.42 Å². The minimum absolute atomic E-state index is 0.00417. The van der Waals surface area contributed by atoms with Crippen molar-refractivity contribution in [3.8, 4) is 11.5 Å². The zero-order valence-corrected chi connectivity index (χ0v) is 15.2. The molecule has 24 heavy (non-hydrogen) atoms. The van der Waals surface area contributed by atoms with E-state index in [1.54, 1.807) is 32.4 Å². The number of benzene rings is 2. The molecule has 0 spiro atoms. The summed E-state index contributed by atoms with van der Waals surface area (Å²) < 4.78 is 37.7. The van der Waals surface area contributed by atoms with Gasteiger partial charge in [0.1, 0.15) is 0 Å². The molecule has 0 heterocycles. The molecule has 0 saturated heterocycles. The van der Waals surface area contributed by atoms with Crippen molar-refractivity contribution in [2.75, 3.05) is 24.7 Å². The van der Waals surface area contributed by atoms with Crippen LogP contribution in [0.3, 0.4) is 0 Å². The second-order valence-corrected chi connectivity index (χ2v) is 7.52. The molecule has 0 amide bonds. The average Bonchev–Trinajstić information content (AvgIpc) is 2.55. The second-order valence-electron chi connectivity index (χ2n) is 5.68. The maximum Gasteiger partial charge on any atom is 0.233 e. The van der Waals surface area contributed by atoms with Crippen LogP contribution in [0.2, 0.25) is 0 Å². The van der Waals surface area contributed by atoms with Crippen LogP contribution in [-0.2, 0) is 16.4 Å². The molecular formula is C18H23NO4S. The van der Waals surface area contributed by atoms with Crippen LogP contribution in [0.1, 0.15) is 16.7 Å². The molecule has 0 fully saturated rings. The van der Waals surface area contributed by atoms with Gasteiger partial charge in [-0.15, -0.1) is 0 Å². The van der Waals surface area contributed by atoms with Crippen LogP contribution in [-0.4, -0.2) is 28.4 Å². The summed E-state index contributed by atoms with van der Waals surface area (Å²) in [5.41, 5.74) is 3.50. The number of nitrogens with one attached hydrogen (secondary N) is 1. The first-order valence-corrected chi connectivity index (χ1v) is 9.28. The zero-order valence-electron chi connectivity index (χ0n) is 14.4. The molecule has 0 unspecified atom stereocenters. The third-order valence-electron chi connectivity index (χ3n) is 3.75. The highest BCUT2D eigenvalue weighted by atomic mass is 32.2. The van der Waals surface area contributed by atoms with Crippen LogP contribution < -0.4 is 14.2 Å². The first-order chi connectivity index (χ1) is 11.3. The molecule has 130 valence electrons. The van der Waals surface area contributed by atoms with Crippen molar-refractivity contribution in [1.29, 1.82) is 0 Å². The standard InChI is InChI=1S/C18H23NO4S/c1-13-5-7-16(14(2)11-13)19-24(20,21)10-9-15-6-8-17(22-3)18(12-15)23-4/h5-8,11-12,19H,9-10H2,1-4H3. The van der Waals surface area contributed by atoms with Crippen LogP contribution in [0.15, 0.2) is 36.4 Å². The molecule has 5 nitrogen and oxygen atoms in total. The smallest absolute Gasteiger partial charge is 0.233 e. The molecule has 0 aliphatic rings. The van der Waals surface area contributed by atoms with Crippen molar-refractivity contribution in [3.05, 3.63) is 53.1 Å². The Hall–Kier alpha value is -2.21. The van der Waals surface area contributed by atoms with Crippen LogP contribution in [0.4, 0.5) is 5.69 Å². The third kappa shape index (κ3) is 4.64. The van der Waals surface area contributed by atoms with Gasteiger partial charge < -0.3 is 9.47 Å². The Balaban J connectivity index is 2.07. The van der Waals surface area contributed by atoms with E-state index in [-0.39, 0.29) is 5.75 Å². The Morgan fingerprint density at radius 1 is 0.958 bits per heavy atom. The zero-order chi connectivity index (χ0) is 17.7. The highest BCUT2D eigenvalue weighted by molar-refractivity contribution is 7.92. The summed E-state index contributed by atoms with van der Waals surface area (Å²) in [7, 11) is -0.305. The maximum atomic E-state index is 12.3. The van der Waals surface area contributed by atoms with Crippen molar-refractivity contribution in [2.24, 2.45) is 0 Å². The fourth-order valence-corrected chi connectivity index (χ4v) is 3.61. The number of anilines is 1. The van der Waals surface area contributed by atoms with Gasteiger partial charge in [0.15, 0.2) is 11.5 Å². The van der Waals surface area contributed by atoms with Gasteiger partial charge in [-0.1, -0.05) is 23.8 Å². The van der Waals surface area contributed by atoms with Crippen LogP contribution in [0.5, 0.6) is 11.5 Å². The lowest BCUT2D eigenvalue weighted by molar-refractivity contribution is 0.354. The number of aryl methyl sites for hydroxylation is 3.